The Morgan fingerprint density at radius 1 is 1.11 bits per heavy atom. The zero-order valence-electron chi connectivity index (χ0n) is 21.8. The molecular weight excluding hydrogens is 464 g/mol. The largest absolute Gasteiger partial charge is 0.444 e. The van der Waals surface area contributed by atoms with E-state index in [0.29, 0.717) is 37.4 Å². The van der Waals surface area contributed by atoms with E-state index in [1.807, 2.05) is 18.7 Å². The van der Waals surface area contributed by atoms with Crippen LogP contribution in [0.3, 0.4) is 0 Å². The van der Waals surface area contributed by atoms with Gasteiger partial charge in [0.25, 0.3) is 0 Å². The lowest BCUT2D eigenvalue weighted by Gasteiger charge is -2.35. The second-order valence-electron chi connectivity index (χ2n) is 10.7. The lowest BCUT2D eigenvalue weighted by Crippen LogP contribution is -2.51. The third-order valence-electron chi connectivity index (χ3n) is 5.86. The van der Waals surface area contributed by atoms with Crippen molar-refractivity contribution in [3.8, 4) is 0 Å². The number of likely N-dealkylation sites (tertiary alicyclic amines) is 1. The molecular formula is C28H37F2N3O3. The van der Waals surface area contributed by atoms with Gasteiger partial charge in [0, 0.05) is 25.3 Å². The van der Waals surface area contributed by atoms with E-state index in [2.05, 4.69) is 5.32 Å². The molecule has 0 unspecified atom stereocenters. The van der Waals surface area contributed by atoms with Crippen LogP contribution in [0.25, 0.3) is 0 Å². The van der Waals surface area contributed by atoms with E-state index in [0.717, 1.165) is 18.4 Å². The van der Waals surface area contributed by atoms with Gasteiger partial charge in [0.1, 0.15) is 23.3 Å². The maximum atomic E-state index is 15.3. The second kappa shape index (κ2) is 11.7. The van der Waals surface area contributed by atoms with Gasteiger partial charge in [0.15, 0.2) is 0 Å². The van der Waals surface area contributed by atoms with Crippen LogP contribution < -0.4 is 10.2 Å². The van der Waals surface area contributed by atoms with Crippen molar-refractivity contribution >= 4 is 23.4 Å². The van der Waals surface area contributed by atoms with Gasteiger partial charge in [-0.1, -0.05) is 26.0 Å². The molecule has 196 valence electrons. The number of anilines is 2. The minimum atomic E-state index is -0.674. The number of carbonyl (C=O) groups is 2. The minimum Gasteiger partial charge on any atom is -0.444 e. The first-order valence-corrected chi connectivity index (χ1v) is 12.5. The molecule has 0 radical (unpaired) electrons. The standard InChI is InChI=1S/C28H37F2N3O3/c1-19(2)17-32(18-20-9-11-21(29)12-10-20)24-14-13-22(16-23(24)30)31-26(34)25-8-6-7-15-33(25)27(35)36-28(3,4)5/h9-14,16,19,25H,6-8,15,17-18H2,1-5H3,(H,31,34)/t25-/m1/s1. The van der Waals surface area contributed by atoms with Gasteiger partial charge < -0.3 is 15.0 Å². The topological polar surface area (TPSA) is 61.9 Å². The number of ether oxygens (including phenoxy) is 1. The average Bonchev–Trinajstić information content (AvgIpc) is 2.79. The van der Waals surface area contributed by atoms with Gasteiger partial charge in [-0.3, -0.25) is 9.69 Å². The van der Waals surface area contributed by atoms with Crippen molar-refractivity contribution in [3.63, 3.8) is 0 Å². The predicted molar refractivity (Wildman–Crippen MR) is 138 cm³/mol. The number of halogens is 2. The third-order valence-corrected chi connectivity index (χ3v) is 5.86. The molecule has 3 rings (SSSR count). The molecule has 0 aromatic heterocycles. The summed E-state index contributed by atoms with van der Waals surface area (Å²) in [5.41, 5.74) is 0.930. The Hall–Kier alpha value is -3.16. The Labute approximate surface area is 212 Å². The molecule has 1 atom stereocenters. The molecule has 2 aromatic rings. The summed E-state index contributed by atoms with van der Waals surface area (Å²) in [4.78, 5) is 29.1. The van der Waals surface area contributed by atoms with Gasteiger partial charge in [-0.05, 0) is 81.8 Å². The Bertz CT molecular complexity index is 1050. The van der Waals surface area contributed by atoms with Crippen LogP contribution in [-0.4, -0.2) is 41.6 Å². The third kappa shape index (κ3) is 7.67. The SMILES string of the molecule is CC(C)CN(Cc1ccc(F)cc1)c1ccc(NC(=O)[C@H]2CCCCN2C(=O)OC(C)(C)C)cc1F. The number of nitrogens with one attached hydrogen (secondary N) is 1. The quantitative estimate of drug-likeness (QED) is 0.480. The van der Waals surface area contributed by atoms with Gasteiger partial charge >= 0.3 is 6.09 Å². The highest BCUT2D eigenvalue weighted by Crippen LogP contribution is 2.27. The lowest BCUT2D eigenvalue weighted by molar-refractivity contribution is -0.122. The molecule has 1 fully saturated rings. The van der Waals surface area contributed by atoms with Crippen molar-refractivity contribution in [2.45, 2.75) is 72.1 Å². The van der Waals surface area contributed by atoms with Gasteiger partial charge in [-0.2, -0.15) is 0 Å². The average molecular weight is 502 g/mol. The highest BCUT2D eigenvalue weighted by atomic mass is 19.1. The van der Waals surface area contributed by atoms with Crippen molar-refractivity contribution in [2.24, 2.45) is 5.92 Å². The number of rotatable bonds is 7. The van der Waals surface area contributed by atoms with Crippen molar-refractivity contribution < 1.29 is 23.1 Å². The van der Waals surface area contributed by atoms with E-state index < -0.39 is 23.6 Å². The fourth-order valence-electron chi connectivity index (χ4n) is 4.31. The monoisotopic (exact) mass is 501 g/mol. The molecule has 0 saturated carbocycles. The first-order valence-electron chi connectivity index (χ1n) is 12.5. The molecule has 1 heterocycles. The molecule has 0 spiro atoms. The van der Waals surface area contributed by atoms with E-state index in [9.17, 15) is 14.0 Å². The van der Waals surface area contributed by atoms with Crippen molar-refractivity contribution in [1.82, 2.24) is 4.90 Å². The summed E-state index contributed by atoms with van der Waals surface area (Å²) in [5, 5.41) is 2.77. The fraction of sp³-hybridized carbons (Fsp3) is 0.500. The zero-order chi connectivity index (χ0) is 26.5. The van der Waals surface area contributed by atoms with Crippen molar-refractivity contribution in [1.29, 1.82) is 0 Å². The molecule has 2 amide bonds. The molecule has 1 saturated heterocycles. The summed E-state index contributed by atoms with van der Waals surface area (Å²) < 4.78 is 34.0. The van der Waals surface area contributed by atoms with Crippen LogP contribution in [0.15, 0.2) is 42.5 Å². The van der Waals surface area contributed by atoms with Gasteiger partial charge in [0.2, 0.25) is 5.91 Å². The van der Waals surface area contributed by atoms with Crippen LogP contribution in [0.2, 0.25) is 0 Å². The number of carbonyl (C=O) groups excluding carboxylic acids is 2. The Kier molecular flexibility index (Phi) is 8.93. The fourth-order valence-corrected chi connectivity index (χ4v) is 4.31. The maximum absolute atomic E-state index is 15.3. The summed E-state index contributed by atoms with van der Waals surface area (Å²) in [6.07, 6.45) is 1.62. The van der Waals surface area contributed by atoms with Crippen molar-refractivity contribution in [3.05, 3.63) is 59.7 Å². The Morgan fingerprint density at radius 3 is 2.42 bits per heavy atom. The summed E-state index contributed by atoms with van der Waals surface area (Å²) >= 11 is 0. The summed E-state index contributed by atoms with van der Waals surface area (Å²) in [7, 11) is 0. The molecule has 1 N–H and O–H groups in total. The normalized spacial score (nSPS) is 16.1. The molecule has 1 aliphatic heterocycles. The number of hydrogen-bond acceptors (Lipinski definition) is 4. The number of nitrogens with zero attached hydrogens (tertiary/aromatic N) is 2. The lowest BCUT2D eigenvalue weighted by atomic mass is 10.0. The van der Waals surface area contributed by atoms with Gasteiger partial charge in [0.05, 0.1) is 5.69 Å². The van der Waals surface area contributed by atoms with Crippen molar-refractivity contribution in [2.75, 3.05) is 23.3 Å². The molecule has 0 aliphatic carbocycles. The molecule has 2 aromatic carbocycles. The van der Waals surface area contributed by atoms with E-state index in [1.54, 1.807) is 45.0 Å². The van der Waals surface area contributed by atoms with Crippen LogP contribution in [-0.2, 0) is 16.1 Å². The van der Waals surface area contributed by atoms with Crippen LogP contribution >= 0.6 is 0 Å². The van der Waals surface area contributed by atoms with Crippen LogP contribution in [0.4, 0.5) is 25.0 Å². The van der Waals surface area contributed by atoms with E-state index >= 15 is 4.39 Å². The first kappa shape index (κ1) is 27.4. The molecule has 8 heteroatoms. The van der Waals surface area contributed by atoms with Crippen LogP contribution in [0, 0.1) is 17.6 Å². The molecule has 1 aliphatic rings. The van der Waals surface area contributed by atoms with Gasteiger partial charge in [-0.15, -0.1) is 0 Å². The van der Waals surface area contributed by atoms with E-state index in [-0.39, 0.29) is 17.6 Å². The zero-order valence-corrected chi connectivity index (χ0v) is 21.8. The summed E-state index contributed by atoms with van der Waals surface area (Å²) in [6, 6.07) is 10.1. The highest BCUT2D eigenvalue weighted by Gasteiger charge is 2.35. The van der Waals surface area contributed by atoms with Crippen LogP contribution in [0.1, 0.15) is 59.4 Å². The highest BCUT2D eigenvalue weighted by molar-refractivity contribution is 5.96. The molecule has 0 bridgehead atoms. The number of amides is 2. The minimum absolute atomic E-state index is 0.273. The van der Waals surface area contributed by atoms with E-state index in [1.165, 1.54) is 23.1 Å². The smallest absolute Gasteiger partial charge is 0.410 e. The van der Waals surface area contributed by atoms with Gasteiger partial charge in [-0.25, -0.2) is 13.6 Å². The summed E-state index contributed by atoms with van der Waals surface area (Å²) in [5.74, 6) is -0.876. The Balaban J connectivity index is 1.74. The molecule has 36 heavy (non-hydrogen) atoms. The summed E-state index contributed by atoms with van der Waals surface area (Å²) in [6.45, 7) is 10.9. The predicted octanol–water partition coefficient (Wildman–Crippen LogP) is 6.36. The number of hydrogen-bond donors (Lipinski definition) is 1. The number of piperidine rings is 1. The number of benzene rings is 2. The van der Waals surface area contributed by atoms with E-state index in [4.69, 9.17) is 4.74 Å². The second-order valence-corrected chi connectivity index (χ2v) is 10.7. The first-order chi connectivity index (χ1) is 16.9. The maximum Gasteiger partial charge on any atom is 0.410 e. The Morgan fingerprint density at radius 2 is 1.81 bits per heavy atom. The van der Waals surface area contributed by atoms with Crippen LogP contribution in [0.5, 0.6) is 0 Å². The molecule has 6 nitrogen and oxygen atoms in total.